The Kier molecular flexibility index (Phi) is 5.82. The quantitative estimate of drug-likeness (QED) is 0.656. The third-order valence-electron chi connectivity index (χ3n) is 3.91. The Morgan fingerprint density at radius 3 is 2.26 bits per heavy atom. The molecule has 0 aromatic rings. The highest BCUT2D eigenvalue weighted by atomic mass is 16.7. The summed E-state index contributed by atoms with van der Waals surface area (Å²) in [5.41, 5.74) is 0. The second-order valence-corrected chi connectivity index (χ2v) is 6.51. The Hall–Kier alpha value is -0.600. The lowest BCUT2D eigenvalue weighted by Crippen LogP contribution is -2.28. The van der Waals surface area contributed by atoms with Crippen LogP contribution in [0.15, 0.2) is 24.8 Å². The summed E-state index contributed by atoms with van der Waals surface area (Å²) in [6.45, 7) is 16.7. The van der Waals surface area contributed by atoms with Crippen molar-refractivity contribution in [3.05, 3.63) is 24.8 Å². The zero-order chi connectivity index (χ0) is 14.6. The molecule has 19 heavy (non-hydrogen) atoms. The lowest BCUT2D eigenvalue weighted by atomic mass is 9.93. The Balaban J connectivity index is 2.68. The molecule has 0 N–H and O–H groups in total. The van der Waals surface area contributed by atoms with Gasteiger partial charge in [-0.15, -0.1) is 6.58 Å². The number of hydrogen-bond donors (Lipinski definition) is 0. The van der Waals surface area contributed by atoms with E-state index in [1.165, 1.54) is 0 Å². The van der Waals surface area contributed by atoms with Crippen molar-refractivity contribution in [1.82, 2.24) is 0 Å². The van der Waals surface area contributed by atoms with Crippen LogP contribution in [0.3, 0.4) is 0 Å². The molecule has 4 atom stereocenters. The number of allylic oxidation sites excluding steroid dienone is 1. The molecule has 1 rings (SSSR count). The molecule has 0 bridgehead atoms. The van der Waals surface area contributed by atoms with Crippen LogP contribution in [-0.2, 0) is 9.47 Å². The molecule has 1 aliphatic heterocycles. The Labute approximate surface area is 118 Å². The predicted molar refractivity (Wildman–Crippen MR) is 80.9 cm³/mol. The van der Waals surface area contributed by atoms with Crippen LogP contribution >= 0.6 is 0 Å². The van der Waals surface area contributed by atoms with Gasteiger partial charge in [0.2, 0.25) is 0 Å². The maximum atomic E-state index is 6.05. The first kappa shape index (κ1) is 16.5. The summed E-state index contributed by atoms with van der Waals surface area (Å²) in [5, 5.41) is 0. The fourth-order valence-electron chi connectivity index (χ4n) is 2.34. The number of ether oxygens (including phenoxy) is 2. The van der Waals surface area contributed by atoms with E-state index in [4.69, 9.17) is 9.47 Å². The largest absolute Gasteiger partial charge is 0.344 e. The SMILES string of the molecule is C=CC[C@@H]1OC(C)(C)O[C@@H]1[C@H](C)/C=C\[C@@H](C)C(C)C. The molecular formula is C17H30O2. The van der Waals surface area contributed by atoms with E-state index in [1.54, 1.807) is 0 Å². The van der Waals surface area contributed by atoms with Crippen molar-refractivity contribution in [3.8, 4) is 0 Å². The van der Waals surface area contributed by atoms with Crippen LogP contribution in [0.2, 0.25) is 0 Å². The van der Waals surface area contributed by atoms with Gasteiger partial charge in [-0.25, -0.2) is 0 Å². The van der Waals surface area contributed by atoms with Crippen molar-refractivity contribution in [1.29, 1.82) is 0 Å². The Bertz CT molecular complexity index is 317. The van der Waals surface area contributed by atoms with Gasteiger partial charge >= 0.3 is 0 Å². The zero-order valence-electron chi connectivity index (χ0n) is 13.3. The second kappa shape index (κ2) is 6.71. The van der Waals surface area contributed by atoms with Crippen LogP contribution in [0.25, 0.3) is 0 Å². The maximum absolute atomic E-state index is 6.05. The van der Waals surface area contributed by atoms with Crippen molar-refractivity contribution in [2.75, 3.05) is 0 Å². The van der Waals surface area contributed by atoms with Crippen LogP contribution in [0.5, 0.6) is 0 Å². The minimum Gasteiger partial charge on any atom is -0.344 e. The van der Waals surface area contributed by atoms with Gasteiger partial charge < -0.3 is 9.47 Å². The van der Waals surface area contributed by atoms with Crippen LogP contribution in [0, 0.1) is 17.8 Å². The molecule has 110 valence electrons. The highest BCUT2D eigenvalue weighted by molar-refractivity contribution is 4.99. The third kappa shape index (κ3) is 4.77. The summed E-state index contributed by atoms with van der Waals surface area (Å²) < 4.78 is 12.0. The zero-order valence-corrected chi connectivity index (χ0v) is 13.3. The minimum atomic E-state index is -0.482. The van der Waals surface area contributed by atoms with Crippen molar-refractivity contribution in [2.45, 2.75) is 66.0 Å². The highest BCUT2D eigenvalue weighted by Gasteiger charge is 2.42. The van der Waals surface area contributed by atoms with Crippen LogP contribution in [0.1, 0.15) is 48.0 Å². The average molecular weight is 266 g/mol. The van der Waals surface area contributed by atoms with Crippen LogP contribution in [0.4, 0.5) is 0 Å². The van der Waals surface area contributed by atoms with Crippen LogP contribution < -0.4 is 0 Å². The van der Waals surface area contributed by atoms with Gasteiger partial charge in [0.05, 0.1) is 12.2 Å². The van der Waals surface area contributed by atoms with Crippen molar-refractivity contribution in [2.24, 2.45) is 17.8 Å². The van der Waals surface area contributed by atoms with Gasteiger partial charge in [-0.2, -0.15) is 0 Å². The van der Waals surface area contributed by atoms with E-state index < -0.39 is 5.79 Å². The molecule has 2 heteroatoms. The third-order valence-corrected chi connectivity index (χ3v) is 3.91. The molecular weight excluding hydrogens is 236 g/mol. The summed E-state index contributed by atoms with van der Waals surface area (Å²) in [6.07, 6.45) is 7.55. The molecule has 0 spiro atoms. The molecule has 1 fully saturated rings. The summed E-state index contributed by atoms with van der Waals surface area (Å²) in [5.74, 6) is 1.14. The normalized spacial score (nSPS) is 29.8. The highest BCUT2D eigenvalue weighted by Crippen LogP contribution is 2.34. The van der Waals surface area contributed by atoms with Crippen molar-refractivity contribution < 1.29 is 9.47 Å². The minimum absolute atomic E-state index is 0.113. The van der Waals surface area contributed by atoms with Crippen LogP contribution in [-0.4, -0.2) is 18.0 Å². The van der Waals surface area contributed by atoms with Gasteiger partial charge in [-0.3, -0.25) is 0 Å². The van der Waals surface area contributed by atoms with E-state index in [9.17, 15) is 0 Å². The topological polar surface area (TPSA) is 18.5 Å². The average Bonchev–Trinajstić information content (AvgIpc) is 2.61. The molecule has 1 saturated heterocycles. The van der Waals surface area contributed by atoms with Gasteiger partial charge in [0.25, 0.3) is 0 Å². The van der Waals surface area contributed by atoms with Crippen molar-refractivity contribution >= 4 is 0 Å². The summed E-state index contributed by atoms with van der Waals surface area (Å²) in [4.78, 5) is 0. The fraction of sp³-hybridized carbons (Fsp3) is 0.765. The molecule has 0 aromatic carbocycles. The van der Waals surface area contributed by atoms with Crippen molar-refractivity contribution in [3.63, 3.8) is 0 Å². The molecule has 1 aliphatic rings. The molecule has 0 aliphatic carbocycles. The fourth-order valence-corrected chi connectivity index (χ4v) is 2.34. The maximum Gasteiger partial charge on any atom is 0.163 e. The Morgan fingerprint density at radius 1 is 1.11 bits per heavy atom. The number of hydrogen-bond acceptors (Lipinski definition) is 2. The van der Waals surface area contributed by atoms with E-state index >= 15 is 0 Å². The van der Waals surface area contributed by atoms with Gasteiger partial charge in [0.1, 0.15) is 0 Å². The molecule has 1 heterocycles. The standard InChI is InChI=1S/C17H30O2/c1-8-9-15-16(19-17(6,7)18-15)14(5)11-10-13(4)12(2)3/h8,10-16H,1,9H2,2-7H3/b11-10-/t13-,14-,15+,16-/m1/s1. The smallest absolute Gasteiger partial charge is 0.163 e. The molecule has 2 nitrogen and oxygen atoms in total. The summed E-state index contributed by atoms with van der Waals surface area (Å²) in [7, 11) is 0. The molecule has 0 unspecified atom stereocenters. The van der Waals surface area contributed by atoms with E-state index in [2.05, 4.69) is 46.4 Å². The molecule has 0 saturated carbocycles. The van der Waals surface area contributed by atoms with E-state index in [0.29, 0.717) is 17.8 Å². The summed E-state index contributed by atoms with van der Waals surface area (Å²) >= 11 is 0. The second-order valence-electron chi connectivity index (χ2n) is 6.51. The first-order valence-corrected chi connectivity index (χ1v) is 7.41. The first-order valence-electron chi connectivity index (χ1n) is 7.41. The van der Waals surface area contributed by atoms with Gasteiger partial charge in [0, 0.05) is 5.92 Å². The number of rotatable bonds is 6. The van der Waals surface area contributed by atoms with E-state index in [0.717, 1.165) is 6.42 Å². The monoisotopic (exact) mass is 266 g/mol. The van der Waals surface area contributed by atoms with E-state index in [1.807, 2.05) is 19.9 Å². The predicted octanol–water partition coefficient (Wildman–Crippen LogP) is 4.57. The van der Waals surface area contributed by atoms with E-state index in [-0.39, 0.29) is 12.2 Å². The Morgan fingerprint density at radius 2 is 1.74 bits per heavy atom. The molecule has 0 amide bonds. The van der Waals surface area contributed by atoms with Gasteiger partial charge in [0.15, 0.2) is 5.79 Å². The van der Waals surface area contributed by atoms with Gasteiger partial charge in [-0.05, 0) is 32.1 Å². The first-order chi connectivity index (χ1) is 8.76. The molecule has 0 radical (unpaired) electrons. The molecule has 0 aromatic heterocycles. The lowest BCUT2D eigenvalue weighted by molar-refractivity contribution is -0.148. The lowest BCUT2D eigenvalue weighted by Gasteiger charge is -2.21. The van der Waals surface area contributed by atoms with Gasteiger partial charge in [-0.1, -0.05) is 45.9 Å². The summed E-state index contributed by atoms with van der Waals surface area (Å²) in [6, 6.07) is 0.